The average Bonchev–Trinajstić information content (AvgIpc) is 2.90. The Kier molecular flexibility index (Phi) is 3.12. The minimum absolute atomic E-state index is 0.248. The molecule has 0 aromatic heterocycles. The number of amides is 1. The smallest absolute Gasteiger partial charge is 0.414 e. The van der Waals surface area contributed by atoms with Crippen molar-refractivity contribution in [2.24, 2.45) is 0 Å². The van der Waals surface area contributed by atoms with Gasteiger partial charge < -0.3 is 4.74 Å². The first-order valence-electron chi connectivity index (χ1n) is 7.33. The molecular formula is C15H21NO3Si. The number of allylic oxidation sites excluding steroid dienone is 4. The molecule has 5 heteroatoms. The van der Waals surface area contributed by atoms with Crippen molar-refractivity contribution in [1.82, 2.24) is 4.90 Å². The van der Waals surface area contributed by atoms with Gasteiger partial charge in [-0.15, -0.1) is 0 Å². The molecule has 20 heavy (non-hydrogen) atoms. The molecule has 4 nitrogen and oxygen atoms in total. The van der Waals surface area contributed by atoms with Gasteiger partial charge in [-0.3, -0.25) is 9.69 Å². The molecule has 0 saturated carbocycles. The van der Waals surface area contributed by atoms with Crippen LogP contribution in [0.15, 0.2) is 22.0 Å². The van der Waals surface area contributed by atoms with Gasteiger partial charge in [-0.1, -0.05) is 19.6 Å². The van der Waals surface area contributed by atoms with Crippen LogP contribution >= 0.6 is 0 Å². The van der Waals surface area contributed by atoms with Gasteiger partial charge in [0.15, 0.2) is 5.78 Å². The Balaban J connectivity index is 2.09. The first-order chi connectivity index (χ1) is 9.39. The minimum atomic E-state index is -1.62. The summed E-state index contributed by atoms with van der Waals surface area (Å²) in [5.74, 6) is 0.293. The zero-order valence-corrected chi connectivity index (χ0v) is 13.4. The van der Waals surface area contributed by atoms with Crippen molar-refractivity contribution in [3.63, 3.8) is 0 Å². The van der Waals surface area contributed by atoms with Crippen molar-refractivity contribution in [1.29, 1.82) is 0 Å². The summed E-state index contributed by atoms with van der Waals surface area (Å²) in [5.41, 5.74) is 3.45. The van der Waals surface area contributed by atoms with E-state index in [0.29, 0.717) is 25.4 Å². The summed E-state index contributed by atoms with van der Waals surface area (Å²) in [7, 11) is -1.62. The monoisotopic (exact) mass is 291 g/mol. The second-order valence-electron chi connectivity index (χ2n) is 6.75. The van der Waals surface area contributed by atoms with Crippen LogP contribution in [0, 0.1) is 0 Å². The van der Waals surface area contributed by atoms with E-state index in [0.717, 1.165) is 35.7 Å². The number of rotatable bonds is 2. The molecule has 0 aromatic rings. The van der Waals surface area contributed by atoms with Gasteiger partial charge in [-0.25, -0.2) is 4.79 Å². The lowest BCUT2D eigenvalue weighted by Gasteiger charge is -2.27. The number of Topliss-reactive ketones (excluding diaryl/α,β-unsaturated/α-hetero) is 1. The highest BCUT2D eigenvalue weighted by molar-refractivity contribution is 6.87. The van der Waals surface area contributed by atoms with Gasteiger partial charge in [-0.2, -0.15) is 0 Å². The molecule has 3 aliphatic rings. The molecule has 108 valence electrons. The molecule has 0 atom stereocenters. The van der Waals surface area contributed by atoms with E-state index in [1.807, 2.05) is 0 Å². The maximum atomic E-state index is 12.4. The number of hydrogen-bond acceptors (Lipinski definition) is 3. The molecule has 3 rings (SSSR count). The standard InChI is InChI=1S/C15H21NO3Si/c1-20(2,3)14-10-5-4-6-12(11(10)9-13(14)17)16-7-8-19-15(16)18/h4-9H2,1-3H3. The molecule has 0 unspecified atom stereocenters. The summed E-state index contributed by atoms with van der Waals surface area (Å²) >= 11 is 0. The van der Waals surface area contributed by atoms with Crippen LogP contribution in [0.4, 0.5) is 4.79 Å². The lowest BCUT2D eigenvalue weighted by Crippen LogP contribution is -2.29. The summed E-state index contributed by atoms with van der Waals surface area (Å²) in [6.07, 6.45) is 3.16. The average molecular weight is 291 g/mol. The molecule has 1 heterocycles. The third-order valence-corrected chi connectivity index (χ3v) is 6.39. The summed E-state index contributed by atoms with van der Waals surface area (Å²) in [6, 6.07) is 0. The Morgan fingerprint density at radius 1 is 1.10 bits per heavy atom. The Bertz CT molecular complexity index is 554. The van der Waals surface area contributed by atoms with Gasteiger partial charge in [-0.05, 0) is 35.6 Å². The van der Waals surface area contributed by atoms with Crippen molar-refractivity contribution in [3.05, 3.63) is 22.0 Å². The predicted molar refractivity (Wildman–Crippen MR) is 78.9 cm³/mol. The number of ether oxygens (including phenoxy) is 1. The topological polar surface area (TPSA) is 46.6 Å². The van der Waals surface area contributed by atoms with Crippen molar-refractivity contribution in [2.75, 3.05) is 13.2 Å². The van der Waals surface area contributed by atoms with Crippen LogP contribution in [0.2, 0.25) is 19.6 Å². The Labute approximate surface area is 120 Å². The highest BCUT2D eigenvalue weighted by Crippen LogP contribution is 2.43. The quantitative estimate of drug-likeness (QED) is 0.735. The van der Waals surface area contributed by atoms with Crippen molar-refractivity contribution < 1.29 is 14.3 Å². The fourth-order valence-corrected chi connectivity index (χ4v) is 5.72. The molecule has 0 aromatic carbocycles. The zero-order chi connectivity index (χ0) is 14.5. The van der Waals surface area contributed by atoms with E-state index in [-0.39, 0.29) is 6.09 Å². The van der Waals surface area contributed by atoms with Crippen LogP contribution in [0.5, 0.6) is 0 Å². The lowest BCUT2D eigenvalue weighted by atomic mass is 9.92. The summed E-state index contributed by atoms with van der Waals surface area (Å²) in [5, 5.41) is 1.11. The first-order valence-corrected chi connectivity index (χ1v) is 10.8. The fraction of sp³-hybridized carbons (Fsp3) is 0.600. The van der Waals surface area contributed by atoms with E-state index in [1.54, 1.807) is 4.90 Å². The molecule has 0 radical (unpaired) electrons. The van der Waals surface area contributed by atoms with Crippen LogP contribution in [0.25, 0.3) is 0 Å². The maximum Gasteiger partial charge on any atom is 0.414 e. The van der Waals surface area contributed by atoms with E-state index in [2.05, 4.69) is 19.6 Å². The second-order valence-corrected chi connectivity index (χ2v) is 11.7. The molecule has 1 fully saturated rings. The van der Waals surface area contributed by atoms with Gasteiger partial charge in [0.2, 0.25) is 0 Å². The third kappa shape index (κ3) is 2.04. The molecule has 1 aliphatic heterocycles. The Hall–Kier alpha value is -1.36. The van der Waals surface area contributed by atoms with E-state index in [4.69, 9.17) is 4.74 Å². The number of carbonyl (C=O) groups excluding carboxylic acids is 2. The van der Waals surface area contributed by atoms with Crippen LogP contribution in [0.3, 0.4) is 0 Å². The van der Waals surface area contributed by atoms with Gasteiger partial charge >= 0.3 is 6.09 Å². The SMILES string of the molecule is C[Si](C)(C)C1=C2CCCC(N3CCOC3=O)=C2CC1=O. The molecular weight excluding hydrogens is 270 g/mol. The van der Waals surface area contributed by atoms with Gasteiger partial charge in [0.25, 0.3) is 0 Å². The van der Waals surface area contributed by atoms with Crippen LogP contribution < -0.4 is 0 Å². The Morgan fingerprint density at radius 2 is 1.85 bits per heavy atom. The Morgan fingerprint density at radius 3 is 2.45 bits per heavy atom. The second kappa shape index (κ2) is 4.58. The summed E-state index contributed by atoms with van der Waals surface area (Å²) < 4.78 is 5.05. The molecule has 0 spiro atoms. The number of cyclic esters (lactones) is 1. The maximum absolute atomic E-state index is 12.4. The minimum Gasteiger partial charge on any atom is -0.447 e. The lowest BCUT2D eigenvalue weighted by molar-refractivity contribution is -0.114. The van der Waals surface area contributed by atoms with Crippen LogP contribution in [-0.4, -0.2) is 38.0 Å². The van der Waals surface area contributed by atoms with E-state index in [9.17, 15) is 9.59 Å². The summed E-state index contributed by atoms with van der Waals surface area (Å²) in [6.45, 7) is 7.78. The number of carbonyl (C=O) groups is 2. The molecule has 0 bridgehead atoms. The largest absolute Gasteiger partial charge is 0.447 e. The molecule has 2 aliphatic carbocycles. The van der Waals surface area contributed by atoms with Crippen molar-refractivity contribution in [2.45, 2.75) is 45.3 Å². The molecule has 1 saturated heterocycles. The normalized spacial score (nSPS) is 23.6. The van der Waals surface area contributed by atoms with Gasteiger partial charge in [0, 0.05) is 12.1 Å². The van der Waals surface area contributed by atoms with Gasteiger partial charge in [0.1, 0.15) is 6.61 Å². The van der Waals surface area contributed by atoms with Crippen LogP contribution in [0.1, 0.15) is 25.7 Å². The predicted octanol–water partition coefficient (Wildman–Crippen LogP) is 3.02. The van der Waals surface area contributed by atoms with Crippen molar-refractivity contribution >= 4 is 20.0 Å². The number of hydrogen-bond donors (Lipinski definition) is 0. The number of nitrogens with zero attached hydrogens (tertiary/aromatic N) is 1. The van der Waals surface area contributed by atoms with Crippen LogP contribution in [-0.2, 0) is 9.53 Å². The van der Waals surface area contributed by atoms with E-state index >= 15 is 0 Å². The number of ketones is 1. The molecule has 1 amide bonds. The van der Waals surface area contributed by atoms with E-state index < -0.39 is 8.07 Å². The highest BCUT2D eigenvalue weighted by atomic mass is 28.3. The molecule has 0 N–H and O–H groups in total. The zero-order valence-electron chi connectivity index (χ0n) is 12.4. The van der Waals surface area contributed by atoms with E-state index in [1.165, 1.54) is 5.57 Å². The highest BCUT2D eigenvalue weighted by Gasteiger charge is 2.40. The van der Waals surface area contributed by atoms with Gasteiger partial charge in [0.05, 0.1) is 14.6 Å². The van der Waals surface area contributed by atoms with Crippen molar-refractivity contribution in [3.8, 4) is 0 Å². The number of fused-ring (bicyclic) bond motifs is 1. The fourth-order valence-electron chi connectivity index (χ4n) is 3.62. The summed E-state index contributed by atoms with van der Waals surface area (Å²) in [4.78, 5) is 26.0. The first kappa shape index (κ1) is 13.6. The third-order valence-electron chi connectivity index (χ3n) is 4.31.